The molecule has 0 bridgehead atoms. The molecule has 0 spiro atoms. The van der Waals surface area contributed by atoms with Crippen LogP contribution in [0, 0.1) is 19.8 Å². The van der Waals surface area contributed by atoms with Gasteiger partial charge < -0.3 is 9.67 Å². The van der Waals surface area contributed by atoms with Gasteiger partial charge in [-0.25, -0.2) is 0 Å². The highest BCUT2D eigenvalue weighted by molar-refractivity contribution is 5.86. The summed E-state index contributed by atoms with van der Waals surface area (Å²) in [6.45, 7) is 7.11. The van der Waals surface area contributed by atoms with Gasteiger partial charge in [0.05, 0.1) is 12.6 Å². The topological polar surface area (TPSA) is 38.0 Å². The Morgan fingerprint density at radius 1 is 1.19 bits per heavy atom. The number of pyridine rings is 1. The summed E-state index contributed by atoms with van der Waals surface area (Å²) in [6.07, 6.45) is 7.36. The summed E-state index contributed by atoms with van der Waals surface area (Å²) >= 11 is 0. The minimum absolute atomic E-state index is 0.540. The average molecular weight is 363 g/mol. The van der Waals surface area contributed by atoms with Crippen LogP contribution >= 0.6 is 0 Å². The largest absolute Gasteiger partial charge is 0.386 e. The van der Waals surface area contributed by atoms with Crippen LogP contribution in [0.4, 0.5) is 0 Å². The number of aryl methyl sites for hydroxylation is 2. The van der Waals surface area contributed by atoms with Crippen molar-refractivity contribution in [3.05, 3.63) is 64.6 Å². The molecule has 3 aromatic rings. The highest BCUT2D eigenvalue weighted by Crippen LogP contribution is 2.34. The number of aliphatic hydroxyl groups is 1. The smallest absolute Gasteiger partial charge is 0.0983 e. The second kappa shape index (κ2) is 7.47. The maximum Gasteiger partial charge on any atom is 0.0983 e. The summed E-state index contributed by atoms with van der Waals surface area (Å²) in [5, 5.41) is 12.3. The number of hydrogen-bond acceptors (Lipinski definition) is 2. The molecule has 1 aliphatic carbocycles. The lowest BCUT2D eigenvalue weighted by Gasteiger charge is -2.20. The SMILES string of the molecule is Cc1ccc2c(c1)c1c(n2C[C@@H](O)c2ccc(C)nc2)CCCCC(C)C1. The van der Waals surface area contributed by atoms with Gasteiger partial charge in [0.1, 0.15) is 0 Å². The second-order valence-electron chi connectivity index (χ2n) is 8.36. The molecule has 3 heteroatoms. The molecule has 27 heavy (non-hydrogen) atoms. The van der Waals surface area contributed by atoms with Crippen LogP contribution in [0.3, 0.4) is 0 Å². The van der Waals surface area contributed by atoms with E-state index in [0.717, 1.165) is 30.0 Å². The van der Waals surface area contributed by atoms with E-state index in [1.54, 1.807) is 0 Å². The molecule has 1 aliphatic rings. The van der Waals surface area contributed by atoms with E-state index in [1.807, 2.05) is 25.3 Å². The van der Waals surface area contributed by atoms with E-state index in [-0.39, 0.29) is 0 Å². The van der Waals surface area contributed by atoms with Crippen molar-refractivity contribution in [2.45, 2.75) is 65.5 Å². The van der Waals surface area contributed by atoms with Crippen molar-refractivity contribution in [2.75, 3.05) is 0 Å². The first kappa shape index (κ1) is 18.2. The zero-order valence-corrected chi connectivity index (χ0v) is 16.7. The van der Waals surface area contributed by atoms with Crippen LogP contribution < -0.4 is 0 Å². The van der Waals surface area contributed by atoms with E-state index in [2.05, 4.69) is 41.6 Å². The summed E-state index contributed by atoms with van der Waals surface area (Å²) in [7, 11) is 0. The van der Waals surface area contributed by atoms with Gasteiger partial charge in [0.2, 0.25) is 0 Å². The first-order chi connectivity index (χ1) is 13.0. The Labute approximate surface area is 162 Å². The number of aromatic nitrogens is 2. The molecule has 2 heterocycles. The van der Waals surface area contributed by atoms with Gasteiger partial charge in [-0.3, -0.25) is 4.98 Å². The fourth-order valence-corrected chi connectivity index (χ4v) is 4.50. The van der Waals surface area contributed by atoms with Crippen molar-refractivity contribution in [3.8, 4) is 0 Å². The van der Waals surface area contributed by atoms with Gasteiger partial charge in [0, 0.05) is 34.1 Å². The molecule has 1 unspecified atom stereocenters. The average Bonchev–Trinajstić information content (AvgIpc) is 2.89. The molecule has 3 nitrogen and oxygen atoms in total. The van der Waals surface area contributed by atoms with Gasteiger partial charge in [-0.1, -0.05) is 37.5 Å². The van der Waals surface area contributed by atoms with Crippen LogP contribution in [-0.2, 0) is 19.4 Å². The second-order valence-corrected chi connectivity index (χ2v) is 8.36. The van der Waals surface area contributed by atoms with Crippen LogP contribution in [0.2, 0.25) is 0 Å². The molecule has 2 atom stereocenters. The summed E-state index contributed by atoms with van der Waals surface area (Å²) < 4.78 is 2.38. The Morgan fingerprint density at radius 3 is 2.81 bits per heavy atom. The quantitative estimate of drug-likeness (QED) is 0.687. The highest BCUT2D eigenvalue weighted by Gasteiger charge is 2.22. The molecule has 0 saturated heterocycles. The Hall–Kier alpha value is -2.13. The highest BCUT2D eigenvalue weighted by atomic mass is 16.3. The third-order valence-electron chi connectivity index (χ3n) is 6.03. The van der Waals surface area contributed by atoms with E-state index < -0.39 is 6.10 Å². The lowest BCUT2D eigenvalue weighted by molar-refractivity contribution is 0.156. The molecule has 1 N–H and O–H groups in total. The van der Waals surface area contributed by atoms with Gasteiger partial charge in [-0.2, -0.15) is 0 Å². The van der Waals surface area contributed by atoms with Gasteiger partial charge in [-0.15, -0.1) is 0 Å². The van der Waals surface area contributed by atoms with Crippen molar-refractivity contribution in [1.29, 1.82) is 0 Å². The first-order valence-corrected chi connectivity index (χ1v) is 10.2. The third kappa shape index (κ3) is 3.66. The number of fused-ring (bicyclic) bond motifs is 3. The van der Waals surface area contributed by atoms with E-state index in [4.69, 9.17) is 0 Å². The number of nitrogens with zero attached hydrogens (tertiary/aromatic N) is 2. The van der Waals surface area contributed by atoms with Crippen LogP contribution in [0.1, 0.15) is 60.4 Å². The van der Waals surface area contributed by atoms with Crippen LogP contribution in [0.25, 0.3) is 10.9 Å². The molecule has 0 radical (unpaired) electrons. The zero-order valence-electron chi connectivity index (χ0n) is 16.7. The molecular weight excluding hydrogens is 332 g/mol. The number of hydrogen-bond donors (Lipinski definition) is 1. The molecule has 0 aliphatic heterocycles. The van der Waals surface area contributed by atoms with Crippen molar-refractivity contribution >= 4 is 10.9 Å². The van der Waals surface area contributed by atoms with Crippen molar-refractivity contribution < 1.29 is 5.11 Å². The van der Waals surface area contributed by atoms with Crippen LogP contribution in [0.5, 0.6) is 0 Å². The standard InChI is InChI=1S/C24H30N2O/c1-16-6-4-5-7-22-20(12-16)21-13-17(2)8-11-23(21)26(22)15-24(27)19-10-9-18(3)25-14-19/h8-11,13-14,16,24,27H,4-7,12,15H2,1-3H3/t16?,24-/m1/s1. The fraction of sp³-hybridized carbons (Fsp3) is 0.458. The Morgan fingerprint density at radius 2 is 2.04 bits per heavy atom. The monoisotopic (exact) mass is 362 g/mol. The molecule has 0 amide bonds. The first-order valence-electron chi connectivity index (χ1n) is 10.2. The van der Waals surface area contributed by atoms with E-state index in [9.17, 15) is 5.11 Å². The molecule has 2 aromatic heterocycles. The van der Waals surface area contributed by atoms with Gasteiger partial charge >= 0.3 is 0 Å². The van der Waals surface area contributed by atoms with Crippen molar-refractivity contribution in [3.63, 3.8) is 0 Å². The maximum atomic E-state index is 10.9. The number of rotatable bonds is 3. The number of benzene rings is 1. The summed E-state index contributed by atoms with van der Waals surface area (Å²) in [4.78, 5) is 4.36. The molecule has 1 aromatic carbocycles. The Balaban J connectivity index is 1.79. The minimum atomic E-state index is -0.540. The van der Waals surface area contributed by atoms with Gasteiger partial charge in [0.25, 0.3) is 0 Å². The lowest BCUT2D eigenvalue weighted by Crippen LogP contribution is -2.14. The zero-order chi connectivity index (χ0) is 19.0. The van der Waals surface area contributed by atoms with Gasteiger partial charge in [-0.05, 0) is 62.8 Å². The summed E-state index contributed by atoms with van der Waals surface area (Å²) in [5.41, 5.74) is 7.38. The normalized spacial score (nSPS) is 18.7. The van der Waals surface area contributed by atoms with Crippen molar-refractivity contribution in [1.82, 2.24) is 9.55 Å². The fourth-order valence-electron chi connectivity index (χ4n) is 4.50. The molecule has 4 rings (SSSR count). The Kier molecular flexibility index (Phi) is 5.05. The van der Waals surface area contributed by atoms with Crippen molar-refractivity contribution in [2.24, 2.45) is 5.92 Å². The predicted octanol–water partition coefficient (Wildman–Crippen LogP) is 5.29. The summed E-state index contributed by atoms with van der Waals surface area (Å²) in [6, 6.07) is 10.7. The van der Waals surface area contributed by atoms with E-state index in [0.29, 0.717) is 6.54 Å². The third-order valence-corrected chi connectivity index (χ3v) is 6.03. The molecule has 0 saturated carbocycles. The van der Waals surface area contributed by atoms with Crippen LogP contribution in [-0.4, -0.2) is 14.7 Å². The number of aliphatic hydroxyl groups excluding tert-OH is 1. The molecule has 142 valence electrons. The Bertz CT molecular complexity index is 939. The lowest BCUT2D eigenvalue weighted by atomic mass is 9.89. The van der Waals surface area contributed by atoms with E-state index in [1.165, 1.54) is 47.0 Å². The molecular formula is C24H30N2O. The summed E-state index contributed by atoms with van der Waals surface area (Å²) in [5.74, 6) is 0.717. The molecule has 0 fully saturated rings. The van der Waals surface area contributed by atoms with Gasteiger partial charge in [0.15, 0.2) is 0 Å². The maximum absolute atomic E-state index is 10.9. The van der Waals surface area contributed by atoms with Crippen LogP contribution in [0.15, 0.2) is 36.5 Å². The predicted molar refractivity (Wildman–Crippen MR) is 111 cm³/mol. The minimum Gasteiger partial charge on any atom is -0.386 e. The van der Waals surface area contributed by atoms with E-state index >= 15 is 0 Å².